The van der Waals surface area contributed by atoms with Gasteiger partial charge in [0, 0.05) is 12.1 Å². The van der Waals surface area contributed by atoms with Crippen molar-refractivity contribution in [2.45, 2.75) is 6.54 Å². The number of nitro benzene ring substituents is 1. The van der Waals surface area contributed by atoms with E-state index in [1.165, 1.54) is 18.4 Å². The van der Waals surface area contributed by atoms with Crippen LogP contribution in [-0.4, -0.2) is 16.7 Å². The minimum absolute atomic E-state index is 0.0194. The fraction of sp³-hybridized carbons (Fsp3) is 0.0769. The first-order chi connectivity index (χ1) is 10.5. The van der Waals surface area contributed by atoms with Crippen LogP contribution < -0.4 is 10.6 Å². The van der Waals surface area contributed by atoms with Crippen LogP contribution in [0, 0.1) is 10.1 Å². The number of anilines is 1. The van der Waals surface area contributed by atoms with E-state index in [1.807, 2.05) is 0 Å². The van der Waals surface area contributed by atoms with Crippen LogP contribution in [0.15, 0.2) is 41.0 Å². The summed E-state index contributed by atoms with van der Waals surface area (Å²) in [6.07, 6.45) is 1.43. The van der Waals surface area contributed by atoms with Gasteiger partial charge in [-0.3, -0.25) is 19.7 Å². The molecule has 0 aliphatic heterocycles. The van der Waals surface area contributed by atoms with E-state index < -0.39 is 16.7 Å². The summed E-state index contributed by atoms with van der Waals surface area (Å²) < 4.78 is 5.00. The second kappa shape index (κ2) is 6.72. The molecule has 8 nitrogen and oxygen atoms in total. The predicted molar refractivity (Wildman–Crippen MR) is 77.3 cm³/mol. The molecule has 0 unspecified atom stereocenters. The summed E-state index contributed by atoms with van der Waals surface area (Å²) in [6, 6.07) is 6.80. The van der Waals surface area contributed by atoms with Crippen LogP contribution in [0.1, 0.15) is 5.76 Å². The molecule has 1 heterocycles. The van der Waals surface area contributed by atoms with E-state index in [1.54, 1.807) is 12.1 Å². The van der Waals surface area contributed by atoms with Crippen molar-refractivity contribution >= 4 is 34.8 Å². The first-order valence-electron chi connectivity index (χ1n) is 6.03. The molecule has 9 heteroatoms. The molecule has 1 aromatic heterocycles. The number of benzene rings is 1. The molecule has 2 amide bonds. The molecule has 114 valence electrons. The third kappa shape index (κ3) is 3.83. The van der Waals surface area contributed by atoms with Gasteiger partial charge in [-0.15, -0.1) is 0 Å². The zero-order valence-corrected chi connectivity index (χ0v) is 11.8. The number of amides is 2. The minimum atomic E-state index is -0.992. The molecule has 0 saturated carbocycles. The van der Waals surface area contributed by atoms with Gasteiger partial charge in [0.05, 0.1) is 28.4 Å². The van der Waals surface area contributed by atoms with Crippen molar-refractivity contribution in [1.82, 2.24) is 5.32 Å². The maximum absolute atomic E-state index is 11.7. The molecule has 0 radical (unpaired) electrons. The minimum Gasteiger partial charge on any atom is -0.467 e. The van der Waals surface area contributed by atoms with E-state index in [-0.39, 0.29) is 22.9 Å². The van der Waals surface area contributed by atoms with Gasteiger partial charge in [0.25, 0.3) is 5.69 Å². The quantitative estimate of drug-likeness (QED) is 0.508. The molecule has 22 heavy (non-hydrogen) atoms. The standard InChI is InChI=1S/C13H10ClN3O5/c14-10-4-3-8(17(20)21)6-11(10)16-13(19)12(18)15-7-9-2-1-5-22-9/h1-6H,7H2,(H,15,18)(H,16,19). The number of nitrogens with zero attached hydrogens (tertiary/aromatic N) is 1. The van der Waals surface area contributed by atoms with E-state index in [2.05, 4.69) is 10.6 Å². The van der Waals surface area contributed by atoms with Gasteiger partial charge < -0.3 is 15.1 Å². The lowest BCUT2D eigenvalue weighted by Gasteiger charge is -2.07. The Balaban J connectivity index is 2.00. The van der Waals surface area contributed by atoms with Crippen LogP contribution in [0.25, 0.3) is 0 Å². The molecule has 0 aliphatic rings. The number of non-ortho nitro benzene ring substituents is 1. The lowest BCUT2D eigenvalue weighted by atomic mass is 10.2. The first-order valence-corrected chi connectivity index (χ1v) is 6.40. The van der Waals surface area contributed by atoms with E-state index in [9.17, 15) is 19.7 Å². The second-order valence-corrected chi connectivity index (χ2v) is 4.54. The first kappa shape index (κ1) is 15.5. The maximum atomic E-state index is 11.7. The van der Waals surface area contributed by atoms with Crippen LogP contribution in [0.4, 0.5) is 11.4 Å². The third-order valence-electron chi connectivity index (χ3n) is 2.62. The number of furan rings is 1. The molecule has 0 bridgehead atoms. The Labute approximate surface area is 129 Å². The third-order valence-corrected chi connectivity index (χ3v) is 2.95. The number of carbonyl (C=O) groups excluding carboxylic acids is 2. The fourth-order valence-electron chi connectivity index (χ4n) is 1.56. The predicted octanol–water partition coefficient (Wildman–Crippen LogP) is 2.10. The highest BCUT2D eigenvalue weighted by Gasteiger charge is 2.17. The zero-order valence-electron chi connectivity index (χ0n) is 11.0. The Morgan fingerprint density at radius 3 is 2.68 bits per heavy atom. The van der Waals surface area contributed by atoms with Crippen LogP contribution >= 0.6 is 11.6 Å². The van der Waals surface area contributed by atoms with E-state index >= 15 is 0 Å². The van der Waals surface area contributed by atoms with Gasteiger partial charge in [-0.2, -0.15) is 0 Å². The van der Waals surface area contributed by atoms with Crippen molar-refractivity contribution < 1.29 is 18.9 Å². The summed E-state index contributed by atoms with van der Waals surface area (Å²) in [5.41, 5.74) is -0.273. The highest BCUT2D eigenvalue weighted by atomic mass is 35.5. The van der Waals surface area contributed by atoms with Crippen molar-refractivity contribution in [2.75, 3.05) is 5.32 Å². The Bertz CT molecular complexity index is 714. The lowest BCUT2D eigenvalue weighted by Crippen LogP contribution is -2.34. The summed E-state index contributed by atoms with van der Waals surface area (Å²) in [5.74, 6) is -1.43. The Kier molecular flexibility index (Phi) is 4.74. The van der Waals surface area contributed by atoms with Crippen molar-refractivity contribution in [2.24, 2.45) is 0 Å². The van der Waals surface area contributed by atoms with E-state index in [4.69, 9.17) is 16.0 Å². The normalized spacial score (nSPS) is 10.0. The largest absolute Gasteiger partial charge is 0.467 e. The van der Waals surface area contributed by atoms with E-state index in [0.29, 0.717) is 5.76 Å². The highest BCUT2D eigenvalue weighted by molar-refractivity contribution is 6.41. The Morgan fingerprint density at radius 2 is 2.05 bits per heavy atom. The summed E-state index contributed by atoms with van der Waals surface area (Å²) in [7, 11) is 0. The van der Waals surface area contributed by atoms with Crippen molar-refractivity contribution in [3.63, 3.8) is 0 Å². The zero-order chi connectivity index (χ0) is 16.1. The van der Waals surface area contributed by atoms with E-state index in [0.717, 1.165) is 6.07 Å². The van der Waals surface area contributed by atoms with Gasteiger partial charge in [0.1, 0.15) is 5.76 Å². The van der Waals surface area contributed by atoms with Gasteiger partial charge >= 0.3 is 11.8 Å². The van der Waals surface area contributed by atoms with Gasteiger partial charge in [0.2, 0.25) is 0 Å². The number of hydrogen-bond donors (Lipinski definition) is 2. The smallest absolute Gasteiger partial charge is 0.313 e. The van der Waals surface area contributed by atoms with Crippen LogP contribution in [0.3, 0.4) is 0 Å². The van der Waals surface area contributed by atoms with Crippen LogP contribution in [0.2, 0.25) is 5.02 Å². The molecule has 2 N–H and O–H groups in total. The van der Waals surface area contributed by atoms with Crippen molar-refractivity contribution in [3.8, 4) is 0 Å². The van der Waals surface area contributed by atoms with Crippen LogP contribution in [0.5, 0.6) is 0 Å². The number of hydrogen-bond acceptors (Lipinski definition) is 5. The van der Waals surface area contributed by atoms with Gasteiger partial charge in [0.15, 0.2) is 0 Å². The number of rotatable bonds is 4. The summed E-state index contributed by atoms with van der Waals surface area (Å²) in [4.78, 5) is 33.4. The van der Waals surface area contributed by atoms with Crippen LogP contribution in [-0.2, 0) is 16.1 Å². The molecule has 0 atom stereocenters. The molecule has 0 aliphatic carbocycles. The summed E-state index contributed by atoms with van der Waals surface area (Å²) in [5, 5.41) is 15.3. The number of nitrogens with one attached hydrogen (secondary N) is 2. The molecular formula is C13H10ClN3O5. The van der Waals surface area contributed by atoms with Gasteiger partial charge in [-0.05, 0) is 18.2 Å². The fourth-order valence-corrected chi connectivity index (χ4v) is 1.73. The average molecular weight is 324 g/mol. The molecule has 1 aromatic carbocycles. The highest BCUT2D eigenvalue weighted by Crippen LogP contribution is 2.26. The molecule has 0 saturated heterocycles. The number of halogens is 1. The molecule has 2 rings (SSSR count). The topological polar surface area (TPSA) is 114 Å². The SMILES string of the molecule is O=C(NCc1ccco1)C(=O)Nc1cc([N+](=O)[O-])ccc1Cl. The molecule has 0 spiro atoms. The number of nitro groups is 1. The number of carbonyl (C=O) groups is 2. The molecule has 2 aromatic rings. The van der Waals surface area contributed by atoms with Gasteiger partial charge in [-0.25, -0.2) is 0 Å². The Hall–Kier alpha value is -2.87. The van der Waals surface area contributed by atoms with Gasteiger partial charge in [-0.1, -0.05) is 11.6 Å². The average Bonchev–Trinajstić information content (AvgIpc) is 3.00. The summed E-state index contributed by atoms with van der Waals surface area (Å²) >= 11 is 5.82. The monoisotopic (exact) mass is 323 g/mol. The summed E-state index contributed by atoms with van der Waals surface area (Å²) in [6.45, 7) is 0.0436. The second-order valence-electron chi connectivity index (χ2n) is 4.14. The van der Waals surface area contributed by atoms with Crippen molar-refractivity contribution in [3.05, 3.63) is 57.5 Å². The Morgan fingerprint density at radius 1 is 1.27 bits per heavy atom. The molecule has 0 fully saturated rings. The lowest BCUT2D eigenvalue weighted by molar-refractivity contribution is -0.384. The molecular weight excluding hydrogens is 314 g/mol. The van der Waals surface area contributed by atoms with Crippen molar-refractivity contribution in [1.29, 1.82) is 0 Å². The maximum Gasteiger partial charge on any atom is 0.313 e.